The lowest BCUT2D eigenvalue weighted by molar-refractivity contribution is -0.142. The molecule has 4 rings (SSSR count). The van der Waals surface area contributed by atoms with E-state index in [0.29, 0.717) is 38.4 Å². The quantitative estimate of drug-likeness (QED) is 0.122. The largest absolute Gasteiger partial charge is 0.504 e. The number of carboxylic acid groups (broad SMARTS) is 1. The Hall–Kier alpha value is -4.41. The zero-order valence-corrected chi connectivity index (χ0v) is 27.1. The molecular formula is C34H43ClN2O8. The number of aromatic nitrogens is 1. The number of rotatable bonds is 13. The molecule has 0 aliphatic carbocycles. The third kappa shape index (κ3) is 10.1. The van der Waals surface area contributed by atoms with Crippen molar-refractivity contribution < 1.29 is 39.1 Å². The molecule has 0 aliphatic heterocycles. The molecule has 0 saturated carbocycles. The zero-order chi connectivity index (χ0) is 32.3. The van der Waals surface area contributed by atoms with Crippen molar-refractivity contribution in [2.24, 2.45) is 5.73 Å². The fraction of sp³-hybridized carbons (Fsp3) is 0.353. The van der Waals surface area contributed by atoms with Crippen molar-refractivity contribution >= 4 is 29.1 Å². The summed E-state index contributed by atoms with van der Waals surface area (Å²) in [6.45, 7) is 11.6. The van der Waals surface area contributed by atoms with E-state index >= 15 is 0 Å². The smallest absolute Gasteiger partial charge is 0.323 e. The number of nitrogens with two attached hydrogens (primary N) is 1. The van der Waals surface area contributed by atoms with Crippen LogP contribution in [-0.4, -0.2) is 58.2 Å². The summed E-state index contributed by atoms with van der Waals surface area (Å²) in [4.78, 5) is 15.4. The van der Waals surface area contributed by atoms with Gasteiger partial charge in [0.05, 0.1) is 32.1 Å². The summed E-state index contributed by atoms with van der Waals surface area (Å²) in [6.07, 6.45) is 2.60. The Morgan fingerprint density at radius 2 is 1.31 bits per heavy atom. The highest BCUT2D eigenvalue weighted by Crippen LogP contribution is 2.35. The topological polar surface area (TPSA) is 154 Å². The number of nitrogens with zero attached hydrogens (tertiary/aromatic N) is 1. The van der Waals surface area contributed by atoms with Crippen molar-refractivity contribution in [3.63, 3.8) is 0 Å². The third-order valence-electron chi connectivity index (χ3n) is 6.59. The molecular weight excluding hydrogens is 600 g/mol. The molecule has 0 saturated heterocycles. The Morgan fingerprint density at radius 3 is 1.89 bits per heavy atom. The van der Waals surface area contributed by atoms with Crippen molar-refractivity contribution in [2.75, 3.05) is 26.4 Å². The number of carboxylic acids is 1. The molecule has 10 nitrogen and oxygen atoms in total. The molecule has 0 radical (unpaired) electrons. The van der Waals surface area contributed by atoms with Gasteiger partial charge in [-0.1, -0.05) is 12.1 Å². The van der Waals surface area contributed by atoms with Gasteiger partial charge in [-0.2, -0.15) is 0 Å². The monoisotopic (exact) mass is 642 g/mol. The molecule has 3 aromatic carbocycles. The minimum Gasteiger partial charge on any atom is -0.504 e. The lowest BCUT2D eigenvalue weighted by Gasteiger charge is -2.19. The molecule has 0 fully saturated rings. The van der Waals surface area contributed by atoms with Crippen molar-refractivity contribution in [1.29, 1.82) is 0 Å². The van der Waals surface area contributed by atoms with Crippen LogP contribution in [-0.2, 0) is 17.6 Å². The molecule has 11 heteroatoms. The van der Waals surface area contributed by atoms with Gasteiger partial charge in [0, 0.05) is 24.4 Å². The Morgan fingerprint density at radius 1 is 0.756 bits per heavy atom. The number of aliphatic carboxylic acids is 1. The maximum Gasteiger partial charge on any atom is 0.323 e. The highest BCUT2D eigenvalue weighted by atomic mass is 35.5. The Balaban J connectivity index is 0.000000374. The van der Waals surface area contributed by atoms with Crippen LogP contribution >= 0.6 is 12.4 Å². The molecule has 244 valence electrons. The first-order valence-corrected chi connectivity index (χ1v) is 14.6. The molecule has 1 atom stereocenters. The molecule has 1 unspecified atom stereocenters. The molecule has 0 aliphatic rings. The van der Waals surface area contributed by atoms with Crippen LogP contribution in [0.1, 0.15) is 51.4 Å². The van der Waals surface area contributed by atoms with Gasteiger partial charge < -0.3 is 40.0 Å². The summed E-state index contributed by atoms with van der Waals surface area (Å²) in [6, 6.07) is 16.2. The van der Waals surface area contributed by atoms with Crippen LogP contribution in [0.5, 0.6) is 34.5 Å². The van der Waals surface area contributed by atoms with Crippen molar-refractivity contribution in [3.05, 3.63) is 77.6 Å². The first-order valence-electron chi connectivity index (χ1n) is 14.6. The number of aromatic hydroxyl groups is 2. The highest BCUT2D eigenvalue weighted by Gasteiger charge is 2.28. The fourth-order valence-electron chi connectivity index (χ4n) is 4.50. The van der Waals surface area contributed by atoms with E-state index < -0.39 is 11.5 Å². The maximum atomic E-state index is 10.7. The van der Waals surface area contributed by atoms with Gasteiger partial charge in [-0.3, -0.25) is 9.78 Å². The number of pyridine rings is 1. The second-order valence-electron chi connectivity index (χ2n) is 10.2. The van der Waals surface area contributed by atoms with Crippen molar-refractivity contribution in [1.82, 2.24) is 4.98 Å². The second-order valence-corrected chi connectivity index (χ2v) is 10.2. The standard InChI is InChI=1S/C24H29NO4.C10H13NO4.ClH/c1-5-26-21-10-9-17(14-22(21)27-6-2)13-20-19-16-24(29-8-4)23(28-7-3)15-18(19)11-12-25-20;1-10(11,9(14)15)5-6-2-3-7(12)8(13)4-6;/h9-12,14-16H,5-8,13H2,1-4H3;2-4,12-13H,5,11H2,1H3,(H,14,15);1H. The third-order valence-corrected chi connectivity index (χ3v) is 6.59. The van der Waals surface area contributed by atoms with Gasteiger partial charge in [-0.25, -0.2) is 0 Å². The number of benzene rings is 3. The van der Waals surface area contributed by atoms with E-state index in [-0.39, 0.29) is 30.3 Å². The summed E-state index contributed by atoms with van der Waals surface area (Å²) in [5.74, 6) is 1.40. The summed E-state index contributed by atoms with van der Waals surface area (Å²) < 4.78 is 23.0. The number of hydrogen-bond acceptors (Lipinski definition) is 9. The first kappa shape index (κ1) is 36.8. The number of ether oxygens (including phenoxy) is 4. The minimum atomic E-state index is -1.39. The lowest BCUT2D eigenvalue weighted by Crippen LogP contribution is -2.46. The molecule has 0 spiro atoms. The van der Waals surface area contributed by atoms with Crippen LogP contribution in [0.2, 0.25) is 0 Å². The lowest BCUT2D eigenvalue weighted by atomic mass is 9.94. The van der Waals surface area contributed by atoms with E-state index in [1.807, 2.05) is 64.2 Å². The van der Waals surface area contributed by atoms with E-state index in [4.69, 9.17) is 34.9 Å². The first-order chi connectivity index (χ1) is 21.0. The van der Waals surface area contributed by atoms with Crippen molar-refractivity contribution in [2.45, 2.75) is 53.0 Å². The molecule has 1 aromatic heterocycles. The average molecular weight is 643 g/mol. The Bertz CT molecular complexity index is 1560. The van der Waals surface area contributed by atoms with Crippen LogP contribution in [0.25, 0.3) is 10.8 Å². The number of carbonyl (C=O) groups is 1. The molecule has 1 heterocycles. The van der Waals surface area contributed by atoms with Crippen LogP contribution in [0.4, 0.5) is 0 Å². The fourth-order valence-corrected chi connectivity index (χ4v) is 4.50. The SMILES string of the molecule is CC(N)(Cc1ccc(O)c(O)c1)C(=O)O.CCOc1ccc(Cc2nccc3cc(OCC)c(OCC)cc23)cc1OCC.Cl. The molecule has 45 heavy (non-hydrogen) atoms. The van der Waals surface area contributed by atoms with E-state index in [1.54, 1.807) is 0 Å². The molecule has 0 amide bonds. The van der Waals surface area contributed by atoms with Gasteiger partial charge in [0.15, 0.2) is 34.5 Å². The summed E-state index contributed by atoms with van der Waals surface area (Å²) in [5.41, 5.74) is 6.80. The minimum absolute atomic E-state index is 0. The van der Waals surface area contributed by atoms with Gasteiger partial charge in [0.1, 0.15) is 5.54 Å². The van der Waals surface area contributed by atoms with Crippen LogP contribution in [0.15, 0.2) is 60.8 Å². The number of phenolic OH excluding ortho intramolecular Hbond substituents is 2. The van der Waals surface area contributed by atoms with Crippen LogP contribution in [0, 0.1) is 0 Å². The van der Waals surface area contributed by atoms with Gasteiger partial charge in [-0.15, -0.1) is 12.4 Å². The van der Waals surface area contributed by atoms with Gasteiger partial charge in [-0.05, 0) is 93.6 Å². The summed E-state index contributed by atoms with van der Waals surface area (Å²) >= 11 is 0. The number of halogens is 1. The second kappa shape index (κ2) is 17.2. The van der Waals surface area contributed by atoms with Crippen LogP contribution < -0.4 is 24.7 Å². The zero-order valence-electron chi connectivity index (χ0n) is 26.3. The Kier molecular flexibility index (Phi) is 14.0. The van der Waals surface area contributed by atoms with Crippen LogP contribution in [0.3, 0.4) is 0 Å². The predicted octanol–water partition coefficient (Wildman–Crippen LogP) is 6.28. The van der Waals surface area contributed by atoms with E-state index in [0.717, 1.165) is 45.0 Å². The summed E-state index contributed by atoms with van der Waals surface area (Å²) in [5, 5.41) is 29.2. The van der Waals surface area contributed by atoms with Gasteiger partial charge >= 0.3 is 5.97 Å². The van der Waals surface area contributed by atoms with Gasteiger partial charge in [0.2, 0.25) is 0 Å². The van der Waals surface area contributed by atoms with E-state index in [2.05, 4.69) is 11.1 Å². The number of hydrogen-bond donors (Lipinski definition) is 4. The van der Waals surface area contributed by atoms with E-state index in [1.165, 1.54) is 25.1 Å². The normalized spacial score (nSPS) is 11.8. The predicted molar refractivity (Wildman–Crippen MR) is 177 cm³/mol. The molecule has 4 aromatic rings. The number of fused-ring (bicyclic) bond motifs is 1. The maximum absolute atomic E-state index is 10.7. The molecule has 0 bridgehead atoms. The molecule has 5 N–H and O–H groups in total. The summed E-state index contributed by atoms with van der Waals surface area (Å²) in [7, 11) is 0. The van der Waals surface area contributed by atoms with E-state index in [9.17, 15) is 9.90 Å². The van der Waals surface area contributed by atoms with Gasteiger partial charge in [0.25, 0.3) is 0 Å². The highest BCUT2D eigenvalue weighted by molar-refractivity contribution is 5.88. The number of phenols is 2. The van der Waals surface area contributed by atoms with Crippen molar-refractivity contribution in [3.8, 4) is 34.5 Å². The Labute approximate surface area is 270 Å². The average Bonchev–Trinajstić information content (AvgIpc) is 2.97.